The Bertz CT molecular complexity index is 309. The van der Waals surface area contributed by atoms with Crippen LogP contribution in [0.5, 0.6) is 0 Å². The Hall–Kier alpha value is -1.16. The number of carbonyl (C=O) groups is 1. The second-order valence-corrected chi connectivity index (χ2v) is 3.98. The van der Waals surface area contributed by atoms with Crippen LogP contribution >= 0.6 is 0 Å². The largest absolute Gasteiger partial charge is 0.331 e. The summed E-state index contributed by atoms with van der Waals surface area (Å²) in [5.41, 5.74) is 5.89. The monoisotopic (exact) mass is 181 g/mol. The SMILES string of the molecule is Cn1cncc1C(=O)CC(C)(C)N. The van der Waals surface area contributed by atoms with Crippen LogP contribution in [-0.4, -0.2) is 20.9 Å². The maximum atomic E-state index is 11.6. The van der Waals surface area contributed by atoms with Crippen molar-refractivity contribution in [3.05, 3.63) is 18.2 Å². The highest BCUT2D eigenvalue weighted by Gasteiger charge is 2.19. The van der Waals surface area contributed by atoms with Gasteiger partial charge in [-0.2, -0.15) is 0 Å². The highest BCUT2D eigenvalue weighted by Crippen LogP contribution is 2.09. The number of aromatic nitrogens is 2. The lowest BCUT2D eigenvalue weighted by molar-refractivity contribution is 0.0952. The number of ketones is 1. The second-order valence-electron chi connectivity index (χ2n) is 3.98. The summed E-state index contributed by atoms with van der Waals surface area (Å²) in [6.45, 7) is 3.67. The van der Waals surface area contributed by atoms with Crippen LogP contribution < -0.4 is 5.73 Å². The molecule has 0 amide bonds. The van der Waals surface area contributed by atoms with Crippen molar-refractivity contribution in [2.24, 2.45) is 12.8 Å². The zero-order chi connectivity index (χ0) is 10.1. The lowest BCUT2D eigenvalue weighted by Crippen LogP contribution is -2.35. The van der Waals surface area contributed by atoms with Gasteiger partial charge in [0.05, 0.1) is 12.5 Å². The van der Waals surface area contributed by atoms with E-state index in [1.165, 1.54) is 0 Å². The van der Waals surface area contributed by atoms with E-state index in [-0.39, 0.29) is 5.78 Å². The molecule has 0 fully saturated rings. The van der Waals surface area contributed by atoms with Crippen molar-refractivity contribution in [2.45, 2.75) is 25.8 Å². The Kier molecular flexibility index (Phi) is 2.52. The van der Waals surface area contributed by atoms with E-state index in [9.17, 15) is 4.79 Å². The Labute approximate surface area is 77.8 Å². The molecule has 1 heterocycles. The van der Waals surface area contributed by atoms with E-state index in [0.717, 1.165) is 0 Å². The maximum Gasteiger partial charge on any atom is 0.182 e. The molecule has 2 N–H and O–H groups in total. The lowest BCUT2D eigenvalue weighted by atomic mass is 9.98. The topological polar surface area (TPSA) is 60.9 Å². The average molecular weight is 181 g/mol. The first-order chi connectivity index (χ1) is 5.90. The summed E-state index contributed by atoms with van der Waals surface area (Å²) < 4.78 is 1.70. The molecule has 0 aliphatic carbocycles. The molecule has 1 aromatic heterocycles. The fourth-order valence-electron chi connectivity index (χ4n) is 1.13. The van der Waals surface area contributed by atoms with Crippen LogP contribution in [0.1, 0.15) is 30.8 Å². The van der Waals surface area contributed by atoms with Crippen LogP contribution in [0, 0.1) is 0 Å². The first-order valence-corrected chi connectivity index (χ1v) is 4.18. The molecule has 4 nitrogen and oxygen atoms in total. The van der Waals surface area contributed by atoms with Crippen LogP contribution in [0.15, 0.2) is 12.5 Å². The van der Waals surface area contributed by atoms with Crippen molar-refractivity contribution >= 4 is 5.78 Å². The number of carbonyl (C=O) groups excluding carboxylic acids is 1. The summed E-state index contributed by atoms with van der Waals surface area (Å²) in [5.74, 6) is 0.0347. The summed E-state index contributed by atoms with van der Waals surface area (Å²) in [6.07, 6.45) is 3.51. The molecule has 0 saturated heterocycles. The molecule has 0 spiro atoms. The zero-order valence-corrected chi connectivity index (χ0v) is 8.24. The van der Waals surface area contributed by atoms with Gasteiger partial charge in [-0.3, -0.25) is 4.79 Å². The molecule has 0 aliphatic heterocycles. The van der Waals surface area contributed by atoms with E-state index in [4.69, 9.17) is 5.73 Å². The van der Waals surface area contributed by atoms with Crippen molar-refractivity contribution < 1.29 is 4.79 Å². The predicted octanol–water partition coefficient (Wildman–Crippen LogP) is 0.730. The first kappa shape index (κ1) is 9.92. The molecule has 0 unspecified atom stereocenters. The van der Waals surface area contributed by atoms with E-state index < -0.39 is 5.54 Å². The number of nitrogens with two attached hydrogens (primary N) is 1. The molecular formula is C9H15N3O. The Morgan fingerprint density at radius 1 is 1.69 bits per heavy atom. The van der Waals surface area contributed by atoms with Gasteiger partial charge in [-0.15, -0.1) is 0 Å². The van der Waals surface area contributed by atoms with E-state index in [1.54, 1.807) is 24.1 Å². The molecule has 13 heavy (non-hydrogen) atoms. The molecule has 1 aromatic rings. The van der Waals surface area contributed by atoms with Gasteiger partial charge in [0.1, 0.15) is 5.69 Å². The molecule has 1 rings (SSSR count). The van der Waals surface area contributed by atoms with Gasteiger partial charge in [0, 0.05) is 19.0 Å². The number of imidazole rings is 1. The number of nitrogens with zero attached hydrogens (tertiary/aromatic N) is 2. The lowest BCUT2D eigenvalue weighted by Gasteiger charge is -2.16. The van der Waals surface area contributed by atoms with Crippen molar-refractivity contribution in [3.8, 4) is 0 Å². The normalized spacial score (nSPS) is 11.7. The van der Waals surface area contributed by atoms with E-state index in [1.807, 2.05) is 13.8 Å². The summed E-state index contributed by atoms with van der Waals surface area (Å²) in [4.78, 5) is 15.5. The van der Waals surface area contributed by atoms with Gasteiger partial charge in [0.2, 0.25) is 0 Å². The van der Waals surface area contributed by atoms with Crippen LogP contribution in [0.25, 0.3) is 0 Å². The zero-order valence-electron chi connectivity index (χ0n) is 8.24. The Morgan fingerprint density at radius 2 is 2.31 bits per heavy atom. The fraction of sp³-hybridized carbons (Fsp3) is 0.556. The third kappa shape index (κ3) is 2.66. The van der Waals surface area contributed by atoms with E-state index in [0.29, 0.717) is 12.1 Å². The van der Waals surface area contributed by atoms with Gasteiger partial charge in [-0.05, 0) is 13.8 Å². The molecule has 0 bridgehead atoms. The standard InChI is InChI=1S/C9H15N3O/c1-9(2,10)4-8(13)7-5-11-6-12(7)3/h5-6H,4,10H2,1-3H3. The summed E-state index contributed by atoms with van der Waals surface area (Å²) >= 11 is 0. The predicted molar refractivity (Wildman–Crippen MR) is 50.4 cm³/mol. The average Bonchev–Trinajstić information content (AvgIpc) is 2.30. The molecule has 72 valence electrons. The minimum atomic E-state index is -0.457. The minimum absolute atomic E-state index is 0.0347. The van der Waals surface area contributed by atoms with Gasteiger partial charge in [0.25, 0.3) is 0 Å². The van der Waals surface area contributed by atoms with Crippen LogP contribution in [0.2, 0.25) is 0 Å². The third-order valence-electron chi connectivity index (χ3n) is 1.72. The molecule has 4 heteroatoms. The Balaban J connectivity index is 2.76. The highest BCUT2D eigenvalue weighted by molar-refractivity contribution is 5.94. The number of aryl methyl sites for hydroxylation is 1. The fourth-order valence-corrected chi connectivity index (χ4v) is 1.13. The van der Waals surface area contributed by atoms with Crippen LogP contribution in [0.3, 0.4) is 0 Å². The maximum absolute atomic E-state index is 11.6. The highest BCUT2D eigenvalue weighted by atomic mass is 16.1. The number of hydrogen-bond acceptors (Lipinski definition) is 3. The number of Topliss-reactive ketones (excluding diaryl/α,β-unsaturated/α-hetero) is 1. The van der Waals surface area contributed by atoms with Gasteiger partial charge < -0.3 is 10.3 Å². The molecule has 0 atom stereocenters. The summed E-state index contributed by atoms with van der Waals surface area (Å²) in [6, 6.07) is 0. The van der Waals surface area contributed by atoms with E-state index in [2.05, 4.69) is 4.98 Å². The molecule has 0 aromatic carbocycles. The smallest absolute Gasteiger partial charge is 0.182 e. The third-order valence-corrected chi connectivity index (χ3v) is 1.72. The summed E-state index contributed by atoms with van der Waals surface area (Å²) in [5, 5.41) is 0. The van der Waals surface area contributed by atoms with E-state index >= 15 is 0 Å². The summed E-state index contributed by atoms with van der Waals surface area (Å²) in [7, 11) is 1.80. The molecule has 0 saturated carbocycles. The molecule has 0 radical (unpaired) electrons. The van der Waals surface area contributed by atoms with Gasteiger partial charge in [-0.25, -0.2) is 4.98 Å². The first-order valence-electron chi connectivity index (χ1n) is 4.18. The van der Waals surface area contributed by atoms with Crippen molar-refractivity contribution in [1.29, 1.82) is 0 Å². The second kappa shape index (κ2) is 3.30. The van der Waals surface area contributed by atoms with Crippen molar-refractivity contribution in [1.82, 2.24) is 9.55 Å². The van der Waals surface area contributed by atoms with Crippen LogP contribution in [0.4, 0.5) is 0 Å². The minimum Gasteiger partial charge on any atom is -0.331 e. The quantitative estimate of drug-likeness (QED) is 0.699. The van der Waals surface area contributed by atoms with Crippen molar-refractivity contribution in [3.63, 3.8) is 0 Å². The van der Waals surface area contributed by atoms with Crippen LogP contribution in [-0.2, 0) is 7.05 Å². The van der Waals surface area contributed by atoms with Gasteiger partial charge in [-0.1, -0.05) is 0 Å². The molecular weight excluding hydrogens is 166 g/mol. The van der Waals surface area contributed by atoms with Crippen molar-refractivity contribution in [2.75, 3.05) is 0 Å². The van der Waals surface area contributed by atoms with Gasteiger partial charge in [0.15, 0.2) is 5.78 Å². The van der Waals surface area contributed by atoms with Gasteiger partial charge >= 0.3 is 0 Å². The Morgan fingerprint density at radius 3 is 2.69 bits per heavy atom. The number of hydrogen-bond donors (Lipinski definition) is 1. The molecule has 0 aliphatic rings. The number of rotatable bonds is 3.